The number of carboxylic acid groups (broad SMARTS) is 1. The van der Waals surface area contributed by atoms with Gasteiger partial charge >= 0.3 is 17.9 Å². The summed E-state index contributed by atoms with van der Waals surface area (Å²) in [4.78, 5) is 37.0. The molecular formula is C50H90NO7+. The van der Waals surface area contributed by atoms with Gasteiger partial charge in [0.2, 0.25) is 0 Å². The van der Waals surface area contributed by atoms with Gasteiger partial charge in [-0.25, -0.2) is 4.79 Å². The van der Waals surface area contributed by atoms with Crippen LogP contribution in [-0.2, 0) is 28.6 Å². The number of esters is 2. The molecular weight excluding hydrogens is 727 g/mol. The SMILES string of the molecule is CC/C=C/C/C=C/C/C=C/CCCCCCCCCCCCC(=O)OCC(COCCC(C(=O)O)[N+](C)(C)C)OC(=O)CCCCC/C=C/CCCCCCCCC. The molecule has 0 aromatic rings. The van der Waals surface area contributed by atoms with E-state index in [-0.39, 0.29) is 36.2 Å². The predicted molar refractivity (Wildman–Crippen MR) is 243 cm³/mol. The average Bonchev–Trinajstić information content (AvgIpc) is 3.18. The molecule has 0 radical (unpaired) electrons. The van der Waals surface area contributed by atoms with Crippen molar-refractivity contribution < 1.29 is 38.2 Å². The fraction of sp³-hybridized carbons (Fsp3) is 0.780. The molecule has 0 aliphatic heterocycles. The van der Waals surface area contributed by atoms with Gasteiger partial charge in [-0.15, -0.1) is 0 Å². The number of quaternary nitrogens is 1. The lowest BCUT2D eigenvalue weighted by Gasteiger charge is -2.31. The second-order valence-electron chi connectivity index (χ2n) is 17.0. The first-order valence-electron chi connectivity index (χ1n) is 23.7. The number of nitrogens with zero attached hydrogens (tertiary/aromatic N) is 1. The number of aliphatic carboxylic acids is 1. The standard InChI is InChI=1S/C50H89NO7/c1-6-8-10-12-14-16-18-20-22-23-24-25-26-27-29-30-32-34-36-38-40-48(52)57-45-46(44-56-43-42-47(50(54)55)51(3,4)5)58-49(53)41-39-37-35-33-31-28-21-19-17-15-13-11-9-7-2/h8,10,14,16,20,22,28,31,46-47H,6-7,9,11-13,15,17-19,21,23-27,29-30,32-45H2,1-5H3/p+1/b10-8+,16-14+,22-20+,31-28+. The lowest BCUT2D eigenvalue weighted by atomic mass is 10.1. The highest BCUT2D eigenvalue weighted by Crippen LogP contribution is 2.14. The Morgan fingerprint density at radius 3 is 1.47 bits per heavy atom. The molecule has 0 saturated carbocycles. The van der Waals surface area contributed by atoms with Crippen LogP contribution in [0.5, 0.6) is 0 Å². The van der Waals surface area contributed by atoms with E-state index in [1.165, 1.54) is 96.3 Å². The first-order valence-corrected chi connectivity index (χ1v) is 23.7. The van der Waals surface area contributed by atoms with Gasteiger partial charge in [-0.2, -0.15) is 0 Å². The van der Waals surface area contributed by atoms with Crippen LogP contribution in [0.4, 0.5) is 0 Å². The van der Waals surface area contributed by atoms with E-state index in [0.717, 1.165) is 70.6 Å². The zero-order chi connectivity index (χ0) is 42.8. The molecule has 0 amide bonds. The van der Waals surface area contributed by atoms with E-state index in [1.54, 1.807) is 0 Å². The van der Waals surface area contributed by atoms with Crippen molar-refractivity contribution in [3.05, 3.63) is 48.6 Å². The Labute approximate surface area is 356 Å². The molecule has 0 spiro atoms. The van der Waals surface area contributed by atoms with Gasteiger partial charge in [0.1, 0.15) is 6.61 Å². The molecule has 2 unspecified atom stereocenters. The van der Waals surface area contributed by atoms with Crippen molar-refractivity contribution in [2.75, 3.05) is 41.0 Å². The number of hydrogen-bond acceptors (Lipinski definition) is 6. The summed E-state index contributed by atoms with van der Waals surface area (Å²) in [5.41, 5.74) is 0. The maximum atomic E-state index is 12.7. The highest BCUT2D eigenvalue weighted by atomic mass is 16.6. The number of unbranched alkanes of at least 4 members (excludes halogenated alkanes) is 20. The Balaban J connectivity index is 4.28. The van der Waals surface area contributed by atoms with E-state index < -0.39 is 18.1 Å². The summed E-state index contributed by atoms with van der Waals surface area (Å²) in [5, 5.41) is 9.63. The van der Waals surface area contributed by atoms with E-state index in [0.29, 0.717) is 19.3 Å². The molecule has 0 saturated heterocycles. The van der Waals surface area contributed by atoms with E-state index >= 15 is 0 Å². The van der Waals surface area contributed by atoms with E-state index in [4.69, 9.17) is 14.2 Å². The molecule has 2 atom stereocenters. The third-order valence-corrected chi connectivity index (χ3v) is 10.5. The van der Waals surface area contributed by atoms with E-state index in [1.807, 2.05) is 21.1 Å². The number of ether oxygens (including phenoxy) is 3. The minimum absolute atomic E-state index is 0.0541. The normalized spacial score (nSPS) is 13.3. The molecule has 0 aliphatic carbocycles. The van der Waals surface area contributed by atoms with Crippen LogP contribution in [0, 0.1) is 0 Å². The smallest absolute Gasteiger partial charge is 0.362 e. The Morgan fingerprint density at radius 2 is 0.966 bits per heavy atom. The predicted octanol–water partition coefficient (Wildman–Crippen LogP) is 13.2. The fourth-order valence-corrected chi connectivity index (χ4v) is 6.81. The van der Waals surface area contributed by atoms with Crippen molar-refractivity contribution in [2.24, 2.45) is 0 Å². The summed E-state index contributed by atoms with van der Waals surface area (Å²) >= 11 is 0. The zero-order valence-electron chi connectivity index (χ0n) is 38.2. The highest BCUT2D eigenvalue weighted by molar-refractivity contribution is 5.72. The summed E-state index contributed by atoms with van der Waals surface area (Å²) in [6.07, 6.45) is 48.7. The van der Waals surface area contributed by atoms with E-state index in [9.17, 15) is 19.5 Å². The Bertz CT molecular complexity index is 1090. The van der Waals surface area contributed by atoms with Crippen molar-refractivity contribution in [3.8, 4) is 0 Å². The third-order valence-electron chi connectivity index (χ3n) is 10.5. The number of hydrogen-bond donors (Lipinski definition) is 1. The molecule has 0 heterocycles. The quantitative estimate of drug-likeness (QED) is 0.0283. The van der Waals surface area contributed by atoms with Crippen molar-refractivity contribution in [1.82, 2.24) is 0 Å². The molecule has 0 aromatic carbocycles. The van der Waals surface area contributed by atoms with Crippen LogP contribution in [-0.4, -0.2) is 80.6 Å². The van der Waals surface area contributed by atoms with Crippen LogP contribution in [0.25, 0.3) is 0 Å². The molecule has 58 heavy (non-hydrogen) atoms. The summed E-state index contributed by atoms with van der Waals surface area (Å²) in [7, 11) is 5.52. The molecule has 8 nitrogen and oxygen atoms in total. The molecule has 336 valence electrons. The average molecular weight is 817 g/mol. The Hall–Kier alpha value is -2.71. The van der Waals surface area contributed by atoms with Gasteiger partial charge < -0.3 is 23.8 Å². The van der Waals surface area contributed by atoms with Gasteiger partial charge in [0.15, 0.2) is 12.1 Å². The maximum absolute atomic E-state index is 12.7. The van der Waals surface area contributed by atoms with Crippen molar-refractivity contribution in [2.45, 2.75) is 212 Å². The van der Waals surface area contributed by atoms with Crippen molar-refractivity contribution in [3.63, 3.8) is 0 Å². The molecule has 0 aliphatic rings. The summed E-state index contributed by atoms with van der Waals surface area (Å²) < 4.78 is 17.3. The zero-order valence-corrected chi connectivity index (χ0v) is 38.2. The van der Waals surface area contributed by atoms with Crippen LogP contribution in [0.3, 0.4) is 0 Å². The monoisotopic (exact) mass is 817 g/mol. The van der Waals surface area contributed by atoms with Crippen LogP contribution in [0.1, 0.15) is 200 Å². The fourth-order valence-electron chi connectivity index (χ4n) is 6.81. The third kappa shape index (κ3) is 38.8. The minimum Gasteiger partial charge on any atom is -0.477 e. The Morgan fingerprint density at radius 1 is 0.534 bits per heavy atom. The van der Waals surface area contributed by atoms with Gasteiger partial charge in [0, 0.05) is 19.3 Å². The number of allylic oxidation sites excluding steroid dienone is 8. The van der Waals surface area contributed by atoms with Gasteiger partial charge in [-0.3, -0.25) is 9.59 Å². The molecule has 0 fully saturated rings. The van der Waals surface area contributed by atoms with Crippen LogP contribution in [0.15, 0.2) is 48.6 Å². The minimum atomic E-state index is -0.878. The van der Waals surface area contributed by atoms with Crippen molar-refractivity contribution >= 4 is 17.9 Å². The second-order valence-corrected chi connectivity index (χ2v) is 17.0. The number of likely N-dealkylation sites (N-methyl/N-ethyl adjacent to an activating group) is 1. The largest absolute Gasteiger partial charge is 0.477 e. The Kier molecular flexibility index (Phi) is 39.1. The van der Waals surface area contributed by atoms with Crippen LogP contribution < -0.4 is 0 Å². The van der Waals surface area contributed by atoms with Gasteiger partial charge in [0.25, 0.3) is 0 Å². The summed E-state index contributed by atoms with van der Waals surface area (Å²) in [5.74, 6) is -1.49. The van der Waals surface area contributed by atoms with Gasteiger partial charge in [-0.1, -0.05) is 159 Å². The van der Waals surface area contributed by atoms with E-state index in [2.05, 4.69) is 62.5 Å². The van der Waals surface area contributed by atoms with Gasteiger partial charge in [-0.05, 0) is 70.6 Å². The summed E-state index contributed by atoms with van der Waals surface area (Å²) in [6.45, 7) is 4.61. The lowest BCUT2D eigenvalue weighted by Crippen LogP contribution is -2.50. The first-order chi connectivity index (χ1) is 28.1. The highest BCUT2D eigenvalue weighted by Gasteiger charge is 2.31. The molecule has 0 rings (SSSR count). The molecule has 1 N–H and O–H groups in total. The lowest BCUT2D eigenvalue weighted by molar-refractivity contribution is -0.887. The number of carbonyl (C=O) groups excluding carboxylic acids is 2. The molecule has 0 aromatic heterocycles. The number of rotatable bonds is 42. The summed E-state index contributed by atoms with van der Waals surface area (Å²) in [6, 6.07) is -0.618. The van der Waals surface area contributed by atoms with Crippen LogP contribution in [0.2, 0.25) is 0 Å². The van der Waals surface area contributed by atoms with Crippen LogP contribution >= 0.6 is 0 Å². The number of carbonyl (C=O) groups is 3. The molecule has 0 bridgehead atoms. The maximum Gasteiger partial charge on any atom is 0.362 e. The topological polar surface area (TPSA) is 99.1 Å². The second kappa shape index (κ2) is 41.0. The first kappa shape index (κ1) is 55.3. The number of carboxylic acids is 1. The molecule has 8 heteroatoms. The van der Waals surface area contributed by atoms with Gasteiger partial charge in [0.05, 0.1) is 34.4 Å². The van der Waals surface area contributed by atoms with Crippen molar-refractivity contribution in [1.29, 1.82) is 0 Å².